The Hall–Kier alpha value is -1.31. The van der Waals surface area contributed by atoms with E-state index in [0.29, 0.717) is 6.54 Å². The molecule has 88 valence electrons. The lowest BCUT2D eigenvalue weighted by Gasteiger charge is -2.07. The highest BCUT2D eigenvalue weighted by Crippen LogP contribution is 2.25. The predicted molar refractivity (Wildman–Crippen MR) is 74.2 cm³/mol. The molecule has 2 N–H and O–H groups in total. The Bertz CT molecular complexity index is 520. The van der Waals surface area contributed by atoms with Crippen molar-refractivity contribution in [2.24, 2.45) is 5.73 Å². The summed E-state index contributed by atoms with van der Waals surface area (Å²) in [6.45, 7) is 2.63. The van der Waals surface area contributed by atoms with Crippen LogP contribution in [-0.2, 0) is 13.0 Å². The third-order valence-electron chi connectivity index (χ3n) is 2.93. The maximum Gasteiger partial charge on any atom is 0.0451 e. The fourth-order valence-corrected chi connectivity index (χ4v) is 2.08. The van der Waals surface area contributed by atoms with Crippen LogP contribution in [0.4, 0.5) is 0 Å². The van der Waals surface area contributed by atoms with Crippen molar-refractivity contribution in [3.63, 3.8) is 0 Å². The molecule has 0 bridgehead atoms. The van der Waals surface area contributed by atoms with Crippen LogP contribution in [0.5, 0.6) is 0 Å². The highest BCUT2D eigenvalue weighted by Gasteiger charge is 2.03. The molecule has 2 aromatic carbocycles. The molecule has 0 saturated carbocycles. The van der Waals surface area contributed by atoms with E-state index in [-0.39, 0.29) is 0 Å². The van der Waals surface area contributed by atoms with E-state index in [0.717, 1.165) is 17.0 Å². The Morgan fingerprint density at radius 1 is 1.06 bits per heavy atom. The molecule has 17 heavy (non-hydrogen) atoms. The lowest BCUT2D eigenvalue weighted by Crippen LogP contribution is -1.97. The summed E-state index contributed by atoms with van der Waals surface area (Å²) in [4.78, 5) is 0. The highest BCUT2D eigenvalue weighted by molar-refractivity contribution is 6.31. The molecule has 0 unspecified atom stereocenters. The average molecular weight is 246 g/mol. The molecule has 0 amide bonds. The highest BCUT2D eigenvalue weighted by atomic mass is 35.5. The molecule has 0 spiro atoms. The molecule has 1 nitrogen and oxygen atoms in total. The zero-order valence-corrected chi connectivity index (χ0v) is 10.7. The average Bonchev–Trinajstić information content (AvgIpc) is 2.39. The molecule has 0 aliphatic heterocycles. The van der Waals surface area contributed by atoms with E-state index in [2.05, 4.69) is 37.3 Å². The minimum absolute atomic E-state index is 0.472. The minimum Gasteiger partial charge on any atom is -0.326 e. The van der Waals surface area contributed by atoms with E-state index in [9.17, 15) is 0 Å². The van der Waals surface area contributed by atoms with Crippen LogP contribution in [0.1, 0.15) is 18.1 Å². The van der Waals surface area contributed by atoms with Crippen molar-refractivity contribution < 1.29 is 0 Å². The Labute approximate surface area is 107 Å². The van der Waals surface area contributed by atoms with Gasteiger partial charge in [-0.3, -0.25) is 0 Å². The van der Waals surface area contributed by atoms with Gasteiger partial charge < -0.3 is 5.73 Å². The van der Waals surface area contributed by atoms with E-state index in [1.807, 2.05) is 12.1 Å². The number of hydrogen-bond donors (Lipinski definition) is 1. The Kier molecular flexibility index (Phi) is 3.82. The number of rotatable bonds is 3. The number of hydrogen-bond acceptors (Lipinski definition) is 1. The summed E-state index contributed by atoms with van der Waals surface area (Å²) in [5.74, 6) is 0. The molecule has 0 saturated heterocycles. The zero-order valence-electron chi connectivity index (χ0n) is 9.91. The van der Waals surface area contributed by atoms with E-state index in [4.69, 9.17) is 17.3 Å². The third kappa shape index (κ3) is 2.68. The van der Waals surface area contributed by atoms with Crippen molar-refractivity contribution in [2.45, 2.75) is 19.9 Å². The Morgan fingerprint density at radius 3 is 2.53 bits per heavy atom. The largest absolute Gasteiger partial charge is 0.326 e. The van der Waals surface area contributed by atoms with Crippen LogP contribution in [0.3, 0.4) is 0 Å². The van der Waals surface area contributed by atoms with Gasteiger partial charge in [0.05, 0.1) is 0 Å². The number of benzene rings is 2. The van der Waals surface area contributed by atoms with Crippen LogP contribution in [0.2, 0.25) is 5.02 Å². The van der Waals surface area contributed by atoms with Gasteiger partial charge in [-0.25, -0.2) is 0 Å². The monoisotopic (exact) mass is 245 g/mol. The third-order valence-corrected chi connectivity index (χ3v) is 3.30. The van der Waals surface area contributed by atoms with Crippen LogP contribution >= 0.6 is 11.6 Å². The van der Waals surface area contributed by atoms with Crippen LogP contribution < -0.4 is 5.73 Å². The molecular weight excluding hydrogens is 230 g/mol. The van der Waals surface area contributed by atoms with Gasteiger partial charge in [-0.2, -0.15) is 0 Å². The molecule has 2 aromatic rings. The molecule has 0 radical (unpaired) electrons. The second-order valence-corrected chi connectivity index (χ2v) is 4.47. The van der Waals surface area contributed by atoms with Crippen molar-refractivity contribution >= 4 is 11.6 Å². The Morgan fingerprint density at radius 2 is 1.82 bits per heavy atom. The smallest absolute Gasteiger partial charge is 0.0451 e. The number of aryl methyl sites for hydroxylation is 1. The second-order valence-electron chi connectivity index (χ2n) is 4.06. The summed E-state index contributed by atoms with van der Waals surface area (Å²) in [6.07, 6.45) is 1.05. The van der Waals surface area contributed by atoms with Gasteiger partial charge in [0, 0.05) is 11.6 Å². The van der Waals surface area contributed by atoms with Crippen molar-refractivity contribution in [1.29, 1.82) is 0 Å². The first-order valence-corrected chi connectivity index (χ1v) is 6.20. The fourth-order valence-electron chi connectivity index (χ4n) is 1.88. The molecule has 0 atom stereocenters. The summed E-state index contributed by atoms with van der Waals surface area (Å²) in [5, 5.41) is 0.739. The van der Waals surface area contributed by atoms with E-state index >= 15 is 0 Å². The van der Waals surface area contributed by atoms with E-state index < -0.39 is 0 Å². The van der Waals surface area contributed by atoms with Crippen LogP contribution in [0.15, 0.2) is 42.5 Å². The SMILES string of the molecule is CCc1cccc(-c2ccc(Cl)c(CN)c2)c1. The fraction of sp³-hybridized carbons (Fsp3) is 0.200. The summed E-state index contributed by atoms with van der Waals surface area (Å²) >= 11 is 6.06. The lowest BCUT2D eigenvalue weighted by atomic mass is 10.0. The molecule has 0 fully saturated rings. The maximum atomic E-state index is 6.06. The second kappa shape index (κ2) is 5.35. The van der Waals surface area contributed by atoms with E-state index in [1.54, 1.807) is 0 Å². The summed E-state index contributed by atoms with van der Waals surface area (Å²) in [5.41, 5.74) is 10.4. The van der Waals surface area contributed by atoms with Gasteiger partial charge in [-0.1, -0.05) is 48.9 Å². The van der Waals surface area contributed by atoms with Gasteiger partial charge in [0.2, 0.25) is 0 Å². The molecule has 0 aromatic heterocycles. The van der Waals surface area contributed by atoms with Crippen molar-refractivity contribution in [2.75, 3.05) is 0 Å². The van der Waals surface area contributed by atoms with Gasteiger partial charge in [-0.15, -0.1) is 0 Å². The van der Waals surface area contributed by atoms with E-state index in [1.165, 1.54) is 16.7 Å². The number of nitrogens with two attached hydrogens (primary N) is 1. The predicted octanol–water partition coefficient (Wildman–Crippen LogP) is 4.03. The van der Waals surface area contributed by atoms with Gasteiger partial charge in [0.15, 0.2) is 0 Å². The molecule has 0 aliphatic rings. The summed E-state index contributed by atoms with van der Waals surface area (Å²) in [6, 6.07) is 14.6. The molecule has 2 rings (SSSR count). The minimum atomic E-state index is 0.472. The first-order chi connectivity index (χ1) is 8.24. The van der Waals surface area contributed by atoms with Gasteiger partial charge in [0.1, 0.15) is 0 Å². The lowest BCUT2D eigenvalue weighted by molar-refractivity contribution is 1.07. The van der Waals surface area contributed by atoms with Crippen LogP contribution in [0, 0.1) is 0 Å². The van der Waals surface area contributed by atoms with Crippen LogP contribution in [0.25, 0.3) is 11.1 Å². The van der Waals surface area contributed by atoms with Gasteiger partial charge in [-0.05, 0) is 40.8 Å². The van der Waals surface area contributed by atoms with Crippen molar-refractivity contribution in [3.05, 3.63) is 58.6 Å². The first-order valence-electron chi connectivity index (χ1n) is 5.82. The molecule has 2 heteroatoms. The quantitative estimate of drug-likeness (QED) is 0.868. The normalized spacial score (nSPS) is 10.5. The van der Waals surface area contributed by atoms with Gasteiger partial charge >= 0.3 is 0 Å². The summed E-state index contributed by atoms with van der Waals surface area (Å²) < 4.78 is 0. The van der Waals surface area contributed by atoms with Crippen molar-refractivity contribution in [3.8, 4) is 11.1 Å². The molecule has 0 aliphatic carbocycles. The Balaban J connectivity index is 2.45. The zero-order chi connectivity index (χ0) is 12.3. The van der Waals surface area contributed by atoms with Crippen LogP contribution in [-0.4, -0.2) is 0 Å². The number of halogens is 1. The summed E-state index contributed by atoms with van der Waals surface area (Å²) in [7, 11) is 0. The molecular formula is C15H16ClN. The maximum absolute atomic E-state index is 6.06. The van der Waals surface area contributed by atoms with Gasteiger partial charge in [0.25, 0.3) is 0 Å². The first kappa shape index (κ1) is 12.2. The topological polar surface area (TPSA) is 26.0 Å². The molecule has 0 heterocycles. The van der Waals surface area contributed by atoms with Crippen molar-refractivity contribution in [1.82, 2.24) is 0 Å². The standard InChI is InChI=1S/C15H16ClN/c1-2-11-4-3-5-12(8-11)13-6-7-15(16)14(9-13)10-17/h3-9H,2,10,17H2,1H3.